The first-order chi connectivity index (χ1) is 8.17. The normalized spacial score (nSPS) is 24.7. The van der Waals surface area contributed by atoms with Gasteiger partial charge < -0.3 is 4.43 Å². The maximum absolute atomic E-state index is 6.48. The molecule has 0 unspecified atom stereocenters. The van der Waals surface area contributed by atoms with E-state index in [1.54, 1.807) is 0 Å². The van der Waals surface area contributed by atoms with E-state index in [1.165, 1.54) is 11.1 Å². The summed E-state index contributed by atoms with van der Waals surface area (Å²) in [6.45, 7) is 15.6. The van der Waals surface area contributed by atoms with Gasteiger partial charge in [-0.25, -0.2) is 0 Å². The summed E-state index contributed by atoms with van der Waals surface area (Å²) in [5, 5.41) is 0.276. The monoisotopic (exact) mass is 286 g/mol. The van der Waals surface area contributed by atoms with Crippen LogP contribution >= 0.6 is 11.6 Å². The molecule has 0 radical (unpaired) electrons. The zero-order chi connectivity index (χ0) is 14.0. The largest absolute Gasteiger partial charge is 0.414 e. The molecular formula is C15H27ClOSi. The molecular weight excluding hydrogens is 260 g/mol. The van der Waals surface area contributed by atoms with E-state index >= 15 is 0 Å². The second-order valence-corrected chi connectivity index (χ2v) is 11.8. The van der Waals surface area contributed by atoms with Crippen LogP contribution in [0.2, 0.25) is 18.1 Å². The van der Waals surface area contributed by atoms with E-state index in [0.717, 1.165) is 19.3 Å². The molecule has 1 aliphatic rings. The third kappa shape index (κ3) is 3.97. The van der Waals surface area contributed by atoms with Crippen LogP contribution in [-0.4, -0.2) is 20.3 Å². The quantitative estimate of drug-likeness (QED) is 0.506. The van der Waals surface area contributed by atoms with Crippen molar-refractivity contribution in [2.24, 2.45) is 0 Å². The molecule has 18 heavy (non-hydrogen) atoms. The molecule has 1 fully saturated rings. The lowest BCUT2D eigenvalue weighted by Gasteiger charge is -2.41. The van der Waals surface area contributed by atoms with Crippen LogP contribution in [0, 0.1) is 0 Å². The molecule has 1 atom stereocenters. The summed E-state index contributed by atoms with van der Waals surface area (Å²) in [6.07, 6.45) is 5.57. The Morgan fingerprint density at radius 2 is 2.06 bits per heavy atom. The Bertz CT molecular complexity index is 339. The molecule has 1 saturated carbocycles. The van der Waals surface area contributed by atoms with Gasteiger partial charge in [0.05, 0.1) is 0 Å². The molecule has 0 heterocycles. The SMILES string of the molecule is C=C1CC[C@H](O[Si](C)(C)C(C)(C)C)C/C1=C/CCl. The maximum atomic E-state index is 6.48. The molecule has 104 valence electrons. The summed E-state index contributed by atoms with van der Waals surface area (Å²) in [5.41, 5.74) is 2.55. The number of alkyl halides is 1. The highest BCUT2D eigenvalue weighted by atomic mass is 35.5. The van der Waals surface area contributed by atoms with Crippen molar-refractivity contribution in [3.63, 3.8) is 0 Å². The van der Waals surface area contributed by atoms with Gasteiger partial charge >= 0.3 is 0 Å². The Morgan fingerprint density at radius 3 is 2.56 bits per heavy atom. The molecule has 0 aromatic carbocycles. The Hall–Kier alpha value is -0.0531. The van der Waals surface area contributed by atoms with E-state index < -0.39 is 8.32 Å². The van der Waals surface area contributed by atoms with Crippen LogP contribution in [0.25, 0.3) is 0 Å². The van der Waals surface area contributed by atoms with Gasteiger partial charge in [-0.1, -0.05) is 39.0 Å². The Morgan fingerprint density at radius 1 is 1.44 bits per heavy atom. The van der Waals surface area contributed by atoms with Crippen LogP contribution in [0.15, 0.2) is 23.8 Å². The van der Waals surface area contributed by atoms with Crippen LogP contribution in [-0.2, 0) is 4.43 Å². The van der Waals surface area contributed by atoms with Crippen LogP contribution < -0.4 is 0 Å². The Balaban J connectivity index is 2.70. The molecule has 0 aromatic heterocycles. The lowest BCUT2D eigenvalue weighted by atomic mass is 9.89. The van der Waals surface area contributed by atoms with Gasteiger partial charge in [-0.05, 0) is 43.0 Å². The van der Waals surface area contributed by atoms with Gasteiger partial charge in [-0.2, -0.15) is 0 Å². The van der Waals surface area contributed by atoms with Crippen LogP contribution in [0.3, 0.4) is 0 Å². The van der Waals surface area contributed by atoms with Crippen molar-refractivity contribution in [1.29, 1.82) is 0 Å². The highest BCUT2D eigenvalue weighted by Gasteiger charge is 2.39. The van der Waals surface area contributed by atoms with Crippen molar-refractivity contribution in [2.45, 2.75) is 64.3 Å². The summed E-state index contributed by atoms with van der Waals surface area (Å²) >= 11 is 5.80. The smallest absolute Gasteiger partial charge is 0.192 e. The van der Waals surface area contributed by atoms with E-state index in [4.69, 9.17) is 16.0 Å². The maximum Gasteiger partial charge on any atom is 0.192 e. The van der Waals surface area contributed by atoms with Crippen molar-refractivity contribution in [2.75, 3.05) is 5.88 Å². The second kappa shape index (κ2) is 5.94. The van der Waals surface area contributed by atoms with Crippen molar-refractivity contribution < 1.29 is 4.43 Å². The average Bonchev–Trinajstić information content (AvgIpc) is 2.21. The number of rotatable bonds is 3. The molecule has 0 aromatic rings. The minimum atomic E-state index is -1.66. The highest BCUT2D eigenvalue weighted by molar-refractivity contribution is 6.74. The molecule has 1 rings (SSSR count). The fourth-order valence-electron chi connectivity index (χ4n) is 2.00. The van der Waals surface area contributed by atoms with Gasteiger partial charge in [0.15, 0.2) is 8.32 Å². The van der Waals surface area contributed by atoms with Gasteiger partial charge in [-0.15, -0.1) is 11.6 Å². The molecule has 1 nitrogen and oxygen atoms in total. The van der Waals surface area contributed by atoms with Crippen LogP contribution in [0.1, 0.15) is 40.0 Å². The zero-order valence-electron chi connectivity index (χ0n) is 12.5. The summed E-state index contributed by atoms with van der Waals surface area (Å²) < 4.78 is 6.48. The molecule has 0 N–H and O–H groups in total. The summed E-state index contributed by atoms with van der Waals surface area (Å²) in [7, 11) is -1.66. The fourth-order valence-corrected chi connectivity index (χ4v) is 3.58. The van der Waals surface area contributed by atoms with Gasteiger partial charge in [0.25, 0.3) is 0 Å². The van der Waals surface area contributed by atoms with E-state index in [1.807, 2.05) is 0 Å². The highest BCUT2D eigenvalue weighted by Crippen LogP contribution is 2.40. The zero-order valence-corrected chi connectivity index (χ0v) is 14.2. The Kier molecular flexibility index (Phi) is 5.28. The van der Waals surface area contributed by atoms with Gasteiger partial charge in [-0.3, -0.25) is 0 Å². The van der Waals surface area contributed by atoms with Crippen molar-refractivity contribution >= 4 is 19.9 Å². The van der Waals surface area contributed by atoms with Gasteiger partial charge in [0, 0.05) is 12.0 Å². The van der Waals surface area contributed by atoms with Crippen LogP contribution in [0.5, 0.6) is 0 Å². The minimum Gasteiger partial charge on any atom is -0.414 e. The molecule has 3 heteroatoms. The predicted molar refractivity (Wildman–Crippen MR) is 83.9 cm³/mol. The van der Waals surface area contributed by atoms with Gasteiger partial charge in [0.1, 0.15) is 0 Å². The third-order valence-corrected chi connectivity index (χ3v) is 8.95. The molecule has 0 bridgehead atoms. The molecule has 0 saturated heterocycles. The van der Waals surface area contributed by atoms with Crippen molar-refractivity contribution in [1.82, 2.24) is 0 Å². The number of hydrogen-bond acceptors (Lipinski definition) is 1. The van der Waals surface area contributed by atoms with Crippen molar-refractivity contribution in [3.8, 4) is 0 Å². The first-order valence-electron chi connectivity index (χ1n) is 6.78. The number of halogens is 1. The number of allylic oxidation sites excluding steroid dienone is 2. The van der Waals surface area contributed by atoms with E-state index in [2.05, 4.69) is 46.5 Å². The molecule has 0 amide bonds. The Labute approximate surface area is 118 Å². The summed E-state index contributed by atoms with van der Waals surface area (Å²) in [4.78, 5) is 0. The molecule has 0 aliphatic heterocycles. The van der Waals surface area contributed by atoms with E-state index in [0.29, 0.717) is 12.0 Å². The van der Waals surface area contributed by atoms with Crippen molar-refractivity contribution in [3.05, 3.63) is 23.8 Å². The molecule has 1 aliphatic carbocycles. The topological polar surface area (TPSA) is 9.23 Å². The standard InChI is InChI=1S/C15H27ClOSi/c1-12-7-8-14(11-13(12)9-10-16)17-18(5,6)15(2,3)4/h9,14H,1,7-8,10-11H2,2-6H3/b13-9-/t14-/m0/s1. The minimum absolute atomic E-state index is 0.276. The first-order valence-corrected chi connectivity index (χ1v) is 10.2. The van der Waals surface area contributed by atoms with E-state index in [9.17, 15) is 0 Å². The van der Waals surface area contributed by atoms with Crippen LogP contribution in [0.4, 0.5) is 0 Å². The number of hydrogen-bond donors (Lipinski definition) is 0. The fraction of sp³-hybridized carbons (Fsp3) is 0.733. The summed E-state index contributed by atoms with van der Waals surface area (Å²) in [5.74, 6) is 0.571. The average molecular weight is 287 g/mol. The molecule has 0 spiro atoms. The second-order valence-electron chi connectivity index (χ2n) is 6.73. The summed E-state index contributed by atoms with van der Waals surface area (Å²) in [6, 6.07) is 0. The predicted octanol–water partition coefficient (Wildman–Crippen LogP) is 5.28. The third-order valence-electron chi connectivity index (χ3n) is 4.26. The van der Waals surface area contributed by atoms with Gasteiger partial charge in [0.2, 0.25) is 0 Å². The first kappa shape index (κ1) is 16.0. The lowest BCUT2D eigenvalue weighted by Crippen LogP contribution is -2.44. The van der Waals surface area contributed by atoms with E-state index in [-0.39, 0.29) is 5.04 Å². The lowest BCUT2D eigenvalue weighted by molar-refractivity contribution is 0.164.